The molecular weight excluding hydrogens is 292 g/mol. The molecule has 0 aromatic carbocycles. The van der Waals surface area contributed by atoms with E-state index in [1.165, 1.54) is 12.8 Å². The molecule has 0 aromatic rings. The highest BCUT2D eigenvalue weighted by Gasteiger charge is 2.35. The average Bonchev–Trinajstić information content (AvgIpc) is 2.74. The maximum atomic E-state index is 11.8. The van der Waals surface area contributed by atoms with Gasteiger partial charge in [0.1, 0.15) is 0 Å². The van der Waals surface area contributed by atoms with Crippen LogP contribution in [0.4, 0.5) is 4.79 Å². The van der Waals surface area contributed by atoms with Crippen LogP contribution in [0.25, 0.3) is 0 Å². The third kappa shape index (κ3) is 5.45. The first kappa shape index (κ1) is 18.2. The lowest BCUT2D eigenvalue weighted by molar-refractivity contribution is -0.121. The van der Waals surface area contributed by atoms with Crippen molar-refractivity contribution < 1.29 is 9.59 Å². The summed E-state index contributed by atoms with van der Waals surface area (Å²) in [4.78, 5) is 25.3. The fourth-order valence-electron chi connectivity index (χ4n) is 3.19. The largest absolute Gasteiger partial charge is 0.338 e. The van der Waals surface area contributed by atoms with Gasteiger partial charge in [-0.3, -0.25) is 15.0 Å². The van der Waals surface area contributed by atoms with Gasteiger partial charge in [0.25, 0.3) is 0 Å². The molecule has 0 spiro atoms. The lowest BCUT2D eigenvalue weighted by atomic mass is 9.98. The molecule has 122 valence electrons. The third-order valence-corrected chi connectivity index (χ3v) is 4.25. The lowest BCUT2D eigenvalue weighted by Gasteiger charge is -2.35. The highest BCUT2D eigenvalue weighted by atomic mass is 35.5. The van der Waals surface area contributed by atoms with Crippen LogP contribution >= 0.6 is 12.4 Å². The van der Waals surface area contributed by atoms with Gasteiger partial charge in [-0.25, -0.2) is 4.79 Å². The van der Waals surface area contributed by atoms with E-state index in [0.717, 1.165) is 19.3 Å². The minimum Gasteiger partial charge on any atom is -0.338 e. The topological polar surface area (TPSA) is 73.5 Å². The molecule has 6 nitrogen and oxygen atoms in total. The van der Waals surface area contributed by atoms with Crippen LogP contribution in [0.1, 0.15) is 39.0 Å². The maximum Gasteiger partial charge on any atom is 0.321 e. The summed E-state index contributed by atoms with van der Waals surface area (Å²) in [5.41, 5.74) is 0. The van der Waals surface area contributed by atoms with Crippen LogP contribution in [0.3, 0.4) is 0 Å². The molecule has 2 aliphatic rings. The zero-order valence-corrected chi connectivity index (χ0v) is 13.7. The van der Waals surface area contributed by atoms with E-state index in [9.17, 15) is 9.59 Å². The number of nitrogens with one attached hydrogen (secondary N) is 3. The Morgan fingerprint density at radius 2 is 1.86 bits per heavy atom. The van der Waals surface area contributed by atoms with Crippen molar-refractivity contribution in [1.29, 1.82) is 0 Å². The second-order valence-electron chi connectivity index (χ2n) is 5.98. The van der Waals surface area contributed by atoms with E-state index in [0.29, 0.717) is 24.7 Å². The van der Waals surface area contributed by atoms with Gasteiger partial charge < -0.3 is 10.6 Å². The van der Waals surface area contributed by atoms with Crippen molar-refractivity contribution in [3.05, 3.63) is 0 Å². The molecule has 7 heteroatoms. The van der Waals surface area contributed by atoms with E-state index in [4.69, 9.17) is 0 Å². The molecule has 2 rings (SSSR count). The number of rotatable bonds is 5. The smallest absolute Gasteiger partial charge is 0.321 e. The number of carbonyl (C=O) groups is 2. The van der Waals surface area contributed by atoms with Gasteiger partial charge in [-0.05, 0) is 39.2 Å². The number of imide groups is 1. The molecule has 2 fully saturated rings. The van der Waals surface area contributed by atoms with Crippen LogP contribution in [0, 0.1) is 0 Å². The molecule has 2 heterocycles. The number of likely N-dealkylation sites (N-methyl/N-ethyl adjacent to an activating group) is 1. The Morgan fingerprint density at radius 1 is 1.24 bits per heavy atom. The minimum atomic E-state index is -0.393. The molecule has 2 saturated heterocycles. The van der Waals surface area contributed by atoms with Gasteiger partial charge in [0.15, 0.2) is 0 Å². The summed E-state index contributed by atoms with van der Waals surface area (Å²) in [5.74, 6) is -0.230. The lowest BCUT2D eigenvalue weighted by Crippen LogP contribution is -2.50. The number of amides is 3. The SMILES string of the molecule is CCCNC(=O)NC(=O)CN(C)C1CC2CCC(C1)N2.Cl. The quantitative estimate of drug-likeness (QED) is 0.703. The Hall–Kier alpha value is -0.850. The number of carbonyl (C=O) groups excluding carboxylic acids is 2. The van der Waals surface area contributed by atoms with Gasteiger partial charge in [-0.2, -0.15) is 0 Å². The summed E-state index contributed by atoms with van der Waals surface area (Å²) in [5, 5.41) is 8.61. The molecule has 2 aliphatic heterocycles. The van der Waals surface area contributed by atoms with Crippen molar-refractivity contribution in [2.75, 3.05) is 20.1 Å². The third-order valence-electron chi connectivity index (χ3n) is 4.25. The van der Waals surface area contributed by atoms with E-state index in [1.807, 2.05) is 14.0 Å². The number of nitrogens with zero attached hydrogens (tertiary/aromatic N) is 1. The maximum absolute atomic E-state index is 11.8. The normalized spacial score (nSPS) is 27.1. The van der Waals surface area contributed by atoms with Crippen molar-refractivity contribution in [3.8, 4) is 0 Å². The van der Waals surface area contributed by atoms with Gasteiger partial charge >= 0.3 is 6.03 Å². The Bertz CT molecular complexity index is 355. The molecule has 2 atom stereocenters. The summed E-state index contributed by atoms with van der Waals surface area (Å²) in [7, 11) is 1.97. The summed E-state index contributed by atoms with van der Waals surface area (Å²) in [6.45, 7) is 2.84. The van der Waals surface area contributed by atoms with Crippen molar-refractivity contribution in [1.82, 2.24) is 20.9 Å². The van der Waals surface area contributed by atoms with Crippen molar-refractivity contribution >= 4 is 24.3 Å². The molecule has 0 saturated carbocycles. The summed E-state index contributed by atoms with van der Waals surface area (Å²) < 4.78 is 0. The van der Waals surface area contributed by atoms with E-state index in [2.05, 4.69) is 20.9 Å². The van der Waals surface area contributed by atoms with Crippen LogP contribution in [-0.4, -0.2) is 55.1 Å². The summed E-state index contributed by atoms with van der Waals surface area (Å²) in [6, 6.07) is 1.27. The van der Waals surface area contributed by atoms with Gasteiger partial charge in [0, 0.05) is 24.7 Å². The second kappa shape index (κ2) is 8.56. The van der Waals surface area contributed by atoms with Gasteiger partial charge in [-0.15, -0.1) is 12.4 Å². The molecule has 3 N–H and O–H groups in total. The molecule has 3 amide bonds. The Kier molecular flexibility index (Phi) is 7.42. The first-order valence-electron chi connectivity index (χ1n) is 7.62. The second-order valence-corrected chi connectivity index (χ2v) is 5.98. The fraction of sp³-hybridized carbons (Fsp3) is 0.857. The number of hydrogen-bond donors (Lipinski definition) is 3. The highest BCUT2D eigenvalue weighted by molar-refractivity contribution is 5.95. The van der Waals surface area contributed by atoms with Gasteiger partial charge in [0.2, 0.25) is 5.91 Å². The van der Waals surface area contributed by atoms with Crippen LogP contribution < -0.4 is 16.0 Å². The fourth-order valence-corrected chi connectivity index (χ4v) is 3.19. The Labute approximate surface area is 132 Å². The van der Waals surface area contributed by atoms with E-state index >= 15 is 0 Å². The number of piperidine rings is 1. The Balaban J connectivity index is 0.00000220. The molecule has 2 unspecified atom stereocenters. The van der Waals surface area contributed by atoms with E-state index in [-0.39, 0.29) is 24.9 Å². The molecule has 2 bridgehead atoms. The first-order chi connectivity index (χ1) is 9.58. The predicted molar refractivity (Wildman–Crippen MR) is 84.7 cm³/mol. The van der Waals surface area contributed by atoms with Crippen LogP contribution in [0.15, 0.2) is 0 Å². The molecular formula is C14H27ClN4O2. The number of fused-ring (bicyclic) bond motifs is 2. The number of halogens is 1. The minimum absolute atomic E-state index is 0. The Morgan fingerprint density at radius 3 is 2.43 bits per heavy atom. The van der Waals surface area contributed by atoms with Gasteiger partial charge in [0.05, 0.1) is 6.54 Å². The number of urea groups is 1. The molecule has 0 aromatic heterocycles. The van der Waals surface area contributed by atoms with Gasteiger partial charge in [-0.1, -0.05) is 6.92 Å². The van der Waals surface area contributed by atoms with E-state index in [1.54, 1.807) is 0 Å². The zero-order chi connectivity index (χ0) is 14.5. The first-order valence-corrected chi connectivity index (χ1v) is 7.62. The highest BCUT2D eigenvalue weighted by Crippen LogP contribution is 2.28. The molecule has 21 heavy (non-hydrogen) atoms. The average molecular weight is 319 g/mol. The van der Waals surface area contributed by atoms with Crippen molar-refractivity contribution in [2.45, 2.75) is 57.2 Å². The van der Waals surface area contributed by atoms with Crippen LogP contribution in [-0.2, 0) is 4.79 Å². The van der Waals surface area contributed by atoms with E-state index < -0.39 is 6.03 Å². The number of hydrogen-bond acceptors (Lipinski definition) is 4. The van der Waals surface area contributed by atoms with Crippen molar-refractivity contribution in [3.63, 3.8) is 0 Å². The summed E-state index contributed by atoms with van der Waals surface area (Å²) >= 11 is 0. The molecule has 0 aliphatic carbocycles. The summed E-state index contributed by atoms with van der Waals surface area (Å²) in [6.07, 6.45) is 5.56. The zero-order valence-electron chi connectivity index (χ0n) is 12.9. The predicted octanol–water partition coefficient (Wildman–Crippen LogP) is 0.859. The standard InChI is InChI=1S/C14H26N4O2.ClH/c1-3-6-15-14(20)17-13(19)9-18(2)12-7-10-4-5-11(8-12)16-10;/h10-12,16H,3-9H2,1-2H3,(H2,15,17,19,20);1H. The van der Waals surface area contributed by atoms with Crippen LogP contribution in [0.2, 0.25) is 0 Å². The molecule has 0 radical (unpaired) electrons. The van der Waals surface area contributed by atoms with Crippen LogP contribution in [0.5, 0.6) is 0 Å². The monoisotopic (exact) mass is 318 g/mol. The van der Waals surface area contributed by atoms with Crippen molar-refractivity contribution in [2.24, 2.45) is 0 Å².